The number of hydrogen-bond donors (Lipinski definition) is 1. The predicted octanol–water partition coefficient (Wildman–Crippen LogP) is 0.217. The van der Waals surface area contributed by atoms with Crippen LogP contribution in [0.1, 0.15) is 19.8 Å². The van der Waals surface area contributed by atoms with E-state index in [4.69, 9.17) is 0 Å². The molecule has 0 atom stereocenters. The molecule has 1 fully saturated rings. The van der Waals surface area contributed by atoms with E-state index in [0.29, 0.717) is 6.04 Å². The predicted molar refractivity (Wildman–Crippen MR) is 44.3 cm³/mol. The summed E-state index contributed by atoms with van der Waals surface area (Å²) >= 11 is 0. The molecule has 1 aliphatic rings. The van der Waals surface area contributed by atoms with Crippen LogP contribution in [-0.4, -0.2) is 37.0 Å². The van der Waals surface area contributed by atoms with Crippen LogP contribution < -0.4 is 5.32 Å². The number of nitrogens with zero attached hydrogens (tertiary/aromatic N) is 1. The minimum atomic E-state index is 0.208. The minimum Gasteiger partial charge on any atom is -0.343 e. The van der Waals surface area contributed by atoms with Gasteiger partial charge in [0.05, 0.1) is 0 Å². The van der Waals surface area contributed by atoms with Crippen LogP contribution >= 0.6 is 0 Å². The van der Waals surface area contributed by atoms with Crippen LogP contribution in [0.25, 0.3) is 0 Å². The zero-order chi connectivity index (χ0) is 8.27. The topological polar surface area (TPSA) is 32.3 Å². The van der Waals surface area contributed by atoms with Crippen molar-refractivity contribution in [2.75, 3.05) is 20.1 Å². The van der Waals surface area contributed by atoms with Gasteiger partial charge in [-0.3, -0.25) is 4.79 Å². The van der Waals surface area contributed by atoms with E-state index in [1.54, 1.807) is 6.92 Å². The second-order valence-electron chi connectivity index (χ2n) is 3.07. The monoisotopic (exact) mass is 156 g/mol. The Kier molecular flexibility index (Phi) is 2.88. The van der Waals surface area contributed by atoms with Gasteiger partial charge in [0.25, 0.3) is 0 Å². The van der Waals surface area contributed by atoms with Gasteiger partial charge in [-0.1, -0.05) is 0 Å². The molecule has 0 aromatic rings. The Morgan fingerprint density at radius 1 is 1.45 bits per heavy atom. The van der Waals surface area contributed by atoms with Gasteiger partial charge in [0.15, 0.2) is 0 Å². The van der Waals surface area contributed by atoms with Crippen LogP contribution in [-0.2, 0) is 4.79 Å². The Balaban J connectivity index is 2.30. The highest BCUT2D eigenvalue weighted by Gasteiger charge is 2.18. The normalized spacial score (nSPS) is 20.4. The highest BCUT2D eigenvalue weighted by molar-refractivity contribution is 5.73. The van der Waals surface area contributed by atoms with Crippen LogP contribution in [0, 0.1) is 0 Å². The van der Waals surface area contributed by atoms with Gasteiger partial charge in [-0.05, 0) is 19.9 Å². The molecule has 64 valence electrons. The largest absolute Gasteiger partial charge is 0.343 e. The van der Waals surface area contributed by atoms with Gasteiger partial charge < -0.3 is 10.2 Å². The Morgan fingerprint density at radius 2 is 2.00 bits per heavy atom. The molecule has 0 bridgehead atoms. The van der Waals surface area contributed by atoms with Gasteiger partial charge in [-0.15, -0.1) is 0 Å². The van der Waals surface area contributed by atoms with Gasteiger partial charge in [-0.25, -0.2) is 0 Å². The van der Waals surface area contributed by atoms with Crippen molar-refractivity contribution in [2.24, 2.45) is 0 Å². The van der Waals surface area contributed by atoms with E-state index in [1.165, 1.54) is 0 Å². The molecule has 3 heteroatoms. The summed E-state index contributed by atoms with van der Waals surface area (Å²) < 4.78 is 0. The van der Waals surface area contributed by atoms with Gasteiger partial charge in [0, 0.05) is 26.1 Å². The summed E-state index contributed by atoms with van der Waals surface area (Å²) in [4.78, 5) is 12.8. The lowest BCUT2D eigenvalue weighted by Gasteiger charge is -2.30. The minimum absolute atomic E-state index is 0.208. The standard InChI is InChI=1S/C8H16N2O/c1-7(11)10-5-3-8(9-2)4-6-10/h8-9H,3-6H2,1-2H3. The number of hydrogen-bond acceptors (Lipinski definition) is 2. The van der Waals surface area contributed by atoms with E-state index in [1.807, 2.05) is 11.9 Å². The third kappa shape index (κ3) is 2.19. The lowest BCUT2D eigenvalue weighted by Crippen LogP contribution is -2.43. The number of carbonyl (C=O) groups is 1. The third-order valence-electron chi connectivity index (χ3n) is 2.35. The van der Waals surface area contributed by atoms with E-state index >= 15 is 0 Å². The molecule has 0 spiro atoms. The average Bonchev–Trinajstić information content (AvgIpc) is 2.05. The first kappa shape index (κ1) is 8.53. The molecule has 1 aliphatic heterocycles. The molecule has 0 unspecified atom stereocenters. The molecule has 0 aromatic heterocycles. The molecule has 0 aromatic carbocycles. The number of rotatable bonds is 1. The molecule has 3 nitrogen and oxygen atoms in total. The Hall–Kier alpha value is -0.570. The average molecular weight is 156 g/mol. The number of piperidine rings is 1. The Morgan fingerprint density at radius 3 is 2.36 bits per heavy atom. The van der Waals surface area contributed by atoms with Crippen molar-refractivity contribution in [3.8, 4) is 0 Å². The molecule has 11 heavy (non-hydrogen) atoms. The molecule has 1 heterocycles. The smallest absolute Gasteiger partial charge is 0.219 e. The van der Waals surface area contributed by atoms with Crippen molar-refractivity contribution in [2.45, 2.75) is 25.8 Å². The molecule has 0 saturated carbocycles. The van der Waals surface area contributed by atoms with E-state index in [9.17, 15) is 4.79 Å². The SMILES string of the molecule is CNC1CCN(C(C)=O)CC1. The number of amides is 1. The molecule has 0 radical (unpaired) electrons. The van der Waals surface area contributed by atoms with Crippen molar-refractivity contribution in [3.05, 3.63) is 0 Å². The van der Waals surface area contributed by atoms with Crippen molar-refractivity contribution in [3.63, 3.8) is 0 Å². The lowest BCUT2D eigenvalue weighted by molar-refractivity contribution is -0.129. The molecule has 1 amide bonds. The van der Waals surface area contributed by atoms with Crippen molar-refractivity contribution in [1.82, 2.24) is 10.2 Å². The Labute approximate surface area is 67.8 Å². The van der Waals surface area contributed by atoms with Crippen molar-refractivity contribution in [1.29, 1.82) is 0 Å². The van der Waals surface area contributed by atoms with Crippen LogP contribution in [0.4, 0.5) is 0 Å². The van der Waals surface area contributed by atoms with Gasteiger partial charge >= 0.3 is 0 Å². The molecule has 1 N–H and O–H groups in total. The molecular weight excluding hydrogens is 140 g/mol. The Bertz CT molecular complexity index is 139. The van der Waals surface area contributed by atoms with Crippen LogP contribution in [0.5, 0.6) is 0 Å². The fourth-order valence-corrected chi connectivity index (χ4v) is 1.48. The maximum Gasteiger partial charge on any atom is 0.219 e. The molecule has 0 aliphatic carbocycles. The van der Waals surface area contributed by atoms with E-state index in [0.717, 1.165) is 25.9 Å². The maximum absolute atomic E-state index is 10.9. The zero-order valence-electron chi connectivity index (χ0n) is 7.26. The first-order valence-electron chi connectivity index (χ1n) is 4.17. The lowest BCUT2D eigenvalue weighted by atomic mass is 10.1. The summed E-state index contributed by atoms with van der Waals surface area (Å²) in [6.07, 6.45) is 2.19. The second-order valence-corrected chi connectivity index (χ2v) is 3.07. The number of nitrogens with one attached hydrogen (secondary N) is 1. The molecular formula is C8H16N2O. The van der Waals surface area contributed by atoms with Gasteiger partial charge in [0.2, 0.25) is 5.91 Å². The van der Waals surface area contributed by atoms with E-state index in [-0.39, 0.29) is 5.91 Å². The summed E-state index contributed by atoms with van der Waals surface area (Å²) in [5.41, 5.74) is 0. The fourth-order valence-electron chi connectivity index (χ4n) is 1.48. The quantitative estimate of drug-likeness (QED) is 0.589. The highest BCUT2D eigenvalue weighted by atomic mass is 16.2. The van der Waals surface area contributed by atoms with Crippen LogP contribution in [0.15, 0.2) is 0 Å². The number of carbonyl (C=O) groups excluding carboxylic acids is 1. The second kappa shape index (κ2) is 3.72. The van der Waals surface area contributed by atoms with Crippen molar-refractivity contribution >= 4 is 5.91 Å². The first-order chi connectivity index (χ1) is 5.24. The van der Waals surface area contributed by atoms with Crippen LogP contribution in [0.2, 0.25) is 0 Å². The van der Waals surface area contributed by atoms with Gasteiger partial charge in [0.1, 0.15) is 0 Å². The van der Waals surface area contributed by atoms with Gasteiger partial charge in [-0.2, -0.15) is 0 Å². The summed E-state index contributed by atoms with van der Waals surface area (Å²) in [5, 5.41) is 3.23. The summed E-state index contributed by atoms with van der Waals surface area (Å²) in [6.45, 7) is 3.47. The fraction of sp³-hybridized carbons (Fsp3) is 0.875. The number of likely N-dealkylation sites (tertiary alicyclic amines) is 1. The molecule has 1 saturated heterocycles. The molecule has 1 rings (SSSR count). The zero-order valence-corrected chi connectivity index (χ0v) is 7.26. The third-order valence-corrected chi connectivity index (χ3v) is 2.35. The summed E-state index contributed by atoms with van der Waals surface area (Å²) in [6, 6.07) is 0.616. The first-order valence-corrected chi connectivity index (χ1v) is 4.17. The summed E-state index contributed by atoms with van der Waals surface area (Å²) in [7, 11) is 1.98. The van der Waals surface area contributed by atoms with Crippen LogP contribution in [0.3, 0.4) is 0 Å². The van der Waals surface area contributed by atoms with Crippen molar-refractivity contribution < 1.29 is 4.79 Å². The summed E-state index contributed by atoms with van der Waals surface area (Å²) in [5.74, 6) is 0.208. The highest BCUT2D eigenvalue weighted by Crippen LogP contribution is 2.09. The van der Waals surface area contributed by atoms with E-state index < -0.39 is 0 Å². The maximum atomic E-state index is 10.9. The van der Waals surface area contributed by atoms with E-state index in [2.05, 4.69) is 5.32 Å².